The molecule has 0 aliphatic carbocycles. The van der Waals surface area contributed by atoms with Crippen LogP contribution in [-0.2, 0) is 11.3 Å². The molecule has 2 aromatic carbocycles. The van der Waals surface area contributed by atoms with Gasteiger partial charge in [-0.3, -0.25) is 9.59 Å². The van der Waals surface area contributed by atoms with Crippen molar-refractivity contribution in [2.75, 3.05) is 12.4 Å². The second-order valence-corrected chi connectivity index (χ2v) is 5.75. The summed E-state index contributed by atoms with van der Waals surface area (Å²) in [5.74, 6) is -4.68. The summed E-state index contributed by atoms with van der Waals surface area (Å²) in [6.45, 7) is -0.503. The molecule has 1 aromatic heterocycles. The molecule has 3 rings (SSSR count). The maximum absolute atomic E-state index is 13.2. The summed E-state index contributed by atoms with van der Waals surface area (Å²) >= 11 is 0. The van der Waals surface area contributed by atoms with Crippen LogP contribution in [0.4, 0.5) is 18.9 Å². The van der Waals surface area contributed by atoms with Crippen molar-refractivity contribution in [1.82, 2.24) is 9.78 Å². The number of hydrogen-bond donors (Lipinski definition) is 1. The maximum Gasteiger partial charge on any atom is 0.267 e. The molecule has 0 spiro atoms. The van der Waals surface area contributed by atoms with Gasteiger partial charge in [-0.2, -0.15) is 5.10 Å². The van der Waals surface area contributed by atoms with Crippen molar-refractivity contribution in [3.63, 3.8) is 0 Å². The topological polar surface area (TPSA) is 73.2 Å². The molecular formula is C19H14F3N3O3. The summed E-state index contributed by atoms with van der Waals surface area (Å²) in [5.41, 5.74) is 0.262. The number of ether oxygens (including phenoxy) is 1. The van der Waals surface area contributed by atoms with Crippen LogP contribution >= 0.6 is 0 Å². The van der Waals surface area contributed by atoms with Gasteiger partial charge in [0.25, 0.3) is 5.56 Å². The number of hydrogen-bond acceptors (Lipinski definition) is 4. The Hall–Kier alpha value is -3.62. The Morgan fingerprint density at radius 1 is 1.11 bits per heavy atom. The van der Waals surface area contributed by atoms with Crippen LogP contribution in [0.3, 0.4) is 0 Å². The van der Waals surface area contributed by atoms with E-state index in [1.165, 1.54) is 19.2 Å². The molecule has 0 unspecified atom stereocenters. The molecule has 1 amide bonds. The van der Waals surface area contributed by atoms with E-state index in [1.54, 1.807) is 24.3 Å². The van der Waals surface area contributed by atoms with E-state index in [9.17, 15) is 22.8 Å². The monoisotopic (exact) mass is 389 g/mol. The Labute approximate surface area is 157 Å². The first-order valence-electron chi connectivity index (χ1n) is 8.04. The van der Waals surface area contributed by atoms with Crippen molar-refractivity contribution in [1.29, 1.82) is 0 Å². The number of carbonyl (C=O) groups excluding carboxylic acids is 1. The van der Waals surface area contributed by atoms with Crippen molar-refractivity contribution in [3.8, 4) is 17.0 Å². The summed E-state index contributed by atoms with van der Waals surface area (Å²) in [6, 6.07) is 11.0. The number of nitrogens with one attached hydrogen (secondary N) is 1. The van der Waals surface area contributed by atoms with E-state index in [-0.39, 0.29) is 5.69 Å². The third kappa shape index (κ3) is 4.20. The molecule has 0 aliphatic rings. The van der Waals surface area contributed by atoms with E-state index in [0.717, 1.165) is 4.68 Å². The van der Waals surface area contributed by atoms with Crippen molar-refractivity contribution >= 4 is 11.6 Å². The van der Waals surface area contributed by atoms with E-state index in [4.69, 9.17) is 4.74 Å². The van der Waals surface area contributed by atoms with Crippen LogP contribution in [0.5, 0.6) is 5.75 Å². The van der Waals surface area contributed by atoms with Gasteiger partial charge in [-0.05, 0) is 18.2 Å². The molecule has 6 nitrogen and oxygen atoms in total. The summed E-state index contributed by atoms with van der Waals surface area (Å²) < 4.78 is 45.5. The SMILES string of the molecule is COc1cccc(-c2ccc(=O)n(CC(=O)Nc3cc(F)c(F)c(F)c3)n2)c1. The molecule has 1 heterocycles. The molecule has 0 aliphatic heterocycles. The lowest BCUT2D eigenvalue weighted by Crippen LogP contribution is -2.29. The maximum atomic E-state index is 13.2. The lowest BCUT2D eigenvalue weighted by molar-refractivity contribution is -0.117. The number of methoxy groups -OCH3 is 1. The number of carbonyl (C=O) groups is 1. The average molecular weight is 389 g/mol. The lowest BCUT2D eigenvalue weighted by Gasteiger charge is -2.09. The largest absolute Gasteiger partial charge is 0.497 e. The predicted molar refractivity (Wildman–Crippen MR) is 95.4 cm³/mol. The summed E-state index contributed by atoms with van der Waals surface area (Å²) in [4.78, 5) is 24.1. The van der Waals surface area contributed by atoms with Crippen LogP contribution in [0.15, 0.2) is 53.3 Å². The molecule has 0 bridgehead atoms. The number of halogens is 3. The molecule has 1 N–H and O–H groups in total. The quantitative estimate of drug-likeness (QED) is 0.681. The zero-order valence-corrected chi connectivity index (χ0v) is 14.6. The number of anilines is 1. The zero-order valence-electron chi connectivity index (χ0n) is 14.6. The smallest absolute Gasteiger partial charge is 0.267 e. The Morgan fingerprint density at radius 3 is 2.50 bits per heavy atom. The Kier molecular flexibility index (Phi) is 5.44. The molecule has 9 heteroatoms. The molecule has 0 atom stereocenters. The highest BCUT2D eigenvalue weighted by molar-refractivity contribution is 5.90. The Balaban J connectivity index is 1.82. The summed E-state index contributed by atoms with van der Waals surface area (Å²) in [7, 11) is 1.51. The second-order valence-electron chi connectivity index (χ2n) is 5.75. The first kappa shape index (κ1) is 19.2. The molecule has 0 saturated carbocycles. The Morgan fingerprint density at radius 2 is 1.82 bits per heavy atom. The third-order valence-corrected chi connectivity index (χ3v) is 3.79. The van der Waals surface area contributed by atoms with Gasteiger partial charge in [0.15, 0.2) is 17.5 Å². The Bertz CT molecular complexity index is 1080. The van der Waals surface area contributed by atoms with Crippen LogP contribution in [0.1, 0.15) is 0 Å². The standard InChI is InChI=1S/C19H14F3N3O3/c1-28-13-4-2-3-11(7-13)16-5-6-18(27)25(24-16)10-17(26)23-12-8-14(20)19(22)15(21)9-12/h2-9H,10H2,1H3,(H,23,26). The van der Waals surface area contributed by atoms with Gasteiger partial charge in [-0.25, -0.2) is 17.9 Å². The minimum Gasteiger partial charge on any atom is -0.497 e. The van der Waals surface area contributed by atoms with Crippen molar-refractivity contribution < 1.29 is 22.7 Å². The van der Waals surface area contributed by atoms with E-state index in [0.29, 0.717) is 29.1 Å². The average Bonchev–Trinajstić information content (AvgIpc) is 2.67. The van der Waals surface area contributed by atoms with Gasteiger partial charge in [-0.1, -0.05) is 12.1 Å². The first-order valence-corrected chi connectivity index (χ1v) is 8.04. The molecule has 3 aromatic rings. The second kappa shape index (κ2) is 7.95. The molecular weight excluding hydrogens is 375 g/mol. The van der Waals surface area contributed by atoms with Crippen LogP contribution in [0.25, 0.3) is 11.3 Å². The van der Waals surface area contributed by atoms with E-state index < -0.39 is 35.5 Å². The first-order chi connectivity index (χ1) is 13.4. The highest BCUT2D eigenvalue weighted by atomic mass is 19.2. The summed E-state index contributed by atoms with van der Waals surface area (Å²) in [5, 5.41) is 6.33. The fourth-order valence-electron chi connectivity index (χ4n) is 2.46. The molecule has 0 radical (unpaired) electrons. The van der Waals surface area contributed by atoms with Crippen molar-refractivity contribution in [3.05, 3.63) is 76.3 Å². The minimum atomic E-state index is -1.64. The van der Waals surface area contributed by atoms with Gasteiger partial charge >= 0.3 is 0 Å². The number of nitrogens with zero attached hydrogens (tertiary/aromatic N) is 2. The number of aromatic nitrogens is 2. The van der Waals surface area contributed by atoms with Crippen molar-refractivity contribution in [2.45, 2.75) is 6.54 Å². The number of amides is 1. The predicted octanol–water partition coefficient (Wildman–Crippen LogP) is 2.97. The fourth-order valence-corrected chi connectivity index (χ4v) is 2.46. The highest BCUT2D eigenvalue weighted by Gasteiger charge is 2.13. The van der Waals surface area contributed by atoms with Gasteiger partial charge in [0.05, 0.1) is 12.8 Å². The van der Waals surface area contributed by atoms with Crippen LogP contribution in [0, 0.1) is 17.5 Å². The van der Waals surface area contributed by atoms with Gasteiger partial charge in [0, 0.05) is 29.4 Å². The molecule has 0 fully saturated rings. The molecule has 28 heavy (non-hydrogen) atoms. The van der Waals surface area contributed by atoms with Crippen molar-refractivity contribution in [2.24, 2.45) is 0 Å². The molecule has 0 saturated heterocycles. The third-order valence-electron chi connectivity index (χ3n) is 3.79. The van der Waals surface area contributed by atoms with Gasteiger partial charge in [-0.15, -0.1) is 0 Å². The van der Waals surface area contributed by atoms with Crippen LogP contribution in [-0.4, -0.2) is 22.8 Å². The van der Waals surface area contributed by atoms with Gasteiger partial charge in [0.1, 0.15) is 12.3 Å². The van der Waals surface area contributed by atoms with Crippen LogP contribution in [0.2, 0.25) is 0 Å². The summed E-state index contributed by atoms with van der Waals surface area (Å²) in [6.07, 6.45) is 0. The van der Waals surface area contributed by atoms with Gasteiger partial charge < -0.3 is 10.1 Å². The number of rotatable bonds is 5. The fraction of sp³-hybridized carbons (Fsp3) is 0.105. The normalized spacial score (nSPS) is 10.6. The number of benzene rings is 2. The highest BCUT2D eigenvalue weighted by Crippen LogP contribution is 2.21. The molecule has 144 valence electrons. The van der Waals surface area contributed by atoms with E-state index >= 15 is 0 Å². The van der Waals surface area contributed by atoms with E-state index in [2.05, 4.69) is 10.4 Å². The zero-order chi connectivity index (χ0) is 20.3. The lowest BCUT2D eigenvalue weighted by atomic mass is 10.1. The van der Waals surface area contributed by atoms with Crippen LogP contribution < -0.4 is 15.6 Å². The van der Waals surface area contributed by atoms with E-state index in [1.807, 2.05) is 0 Å². The minimum absolute atomic E-state index is 0.279. The van der Waals surface area contributed by atoms with Gasteiger partial charge in [0.2, 0.25) is 5.91 Å².